The van der Waals surface area contributed by atoms with Gasteiger partial charge in [0, 0.05) is 10.6 Å². The lowest BCUT2D eigenvalue weighted by molar-refractivity contribution is -0.148. The van der Waals surface area contributed by atoms with E-state index in [0.29, 0.717) is 13.2 Å². The van der Waals surface area contributed by atoms with Crippen molar-refractivity contribution in [2.45, 2.75) is 23.5 Å². The fourth-order valence-electron chi connectivity index (χ4n) is 2.42. The Kier molecular flexibility index (Phi) is 4.24. The number of carbonyl (C=O) groups excluding carboxylic acids is 1. The van der Waals surface area contributed by atoms with E-state index in [1.165, 1.54) is 12.1 Å². The van der Waals surface area contributed by atoms with Gasteiger partial charge < -0.3 is 14.8 Å². The van der Waals surface area contributed by atoms with Gasteiger partial charge in [0.25, 0.3) is 5.91 Å². The van der Waals surface area contributed by atoms with E-state index in [2.05, 4.69) is 5.32 Å². The third kappa shape index (κ3) is 2.97. The zero-order valence-corrected chi connectivity index (χ0v) is 11.7. The first-order valence-electron chi connectivity index (χ1n) is 6.66. The number of hydrogen-bond donors (Lipinski definition) is 1. The van der Waals surface area contributed by atoms with Gasteiger partial charge in [-0.1, -0.05) is 0 Å². The summed E-state index contributed by atoms with van der Waals surface area (Å²) in [5.74, 6) is 0.450. The number of halogens is 1. The van der Waals surface area contributed by atoms with Crippen LogP contribution in [-0.2, 0) is 14.3 Å². The van der Waals surface area contributed by atoms with Crippen LogP contribution < -0.4 is 5.32 Å². The van der Waals surface area contributed by atoms with E-state index in [4.69, 9.17) is 9.47 Å². The number of rotatable bonds is 2. The molecule has 1 amide bonds. The molecule has 1 saturated heterocycles. The van der Waals surface area contributed by atoms with E-state index in [1.807, 2.05) is 0 Å². The Morgan fingerprint density at radius 1 is 1.40 bits per heavy atom. The van der Waals surface area contributed by atoms with Gasteiger partial charge in [0.2, 0.25) is 0 Å². The van der Waals surface area contributed by atoms with Gasteiger partial charge in [0.15, 0.2) is 6.10 Å². The predicted octanol–water partition coefficient (Wildman–Crippen LogP) is 1.89. The first kappa shape index (κ1) is 13.9. The van der Waals surface area contributed by atoms with Crippen LogP contribution in [0.25, 0.3) is 0 Å². The maximum Gasteiger partial charge on any atom is 0.252 e. The molecule has 6 heteroatoms. The first-order chi connectivity index (χ1) is 9.74. The van der Waals surface area contributed by atoms with E-state index in [9.17, 15) is 9.18 Å². The molecule has 2 heterocycles. The van der Waals surface area contributed by atoms with E-state index < -0.39 is 6.10 Å². The monoisotopic (exact) mass is 297 g/mol. The number of carbonyl (C=O) groups is 1. The summed E-state index contributed by atoms with van der Waals surface area (Å²) in [4.78, 5) is 13.2. The minimum Gasteiger partial charge on any atom is -0.376 e. The molecule has 2 aliphatic heterocycles. The summed E-state index contributed by atoms with van der Waals surface area (Å²) in [5.41, 5.74) is 0.853. The minimum absolute atomic E-state index is 0.153. The van der Waals surface area contributed by atoms with E-state index in [1.54, 1.807) is 17.8 Å². The molecule has 2 unspecified atom stereocenters. The molecule has 20 heavy (non-hydrogen) atoms. The van der Waals surface area contributed by atoms with Crippen LogP contribution in [0, 0.1) is 5.82 Å². The number of fused-ring (bicyclic) bond motifs is 1. The minimum atomic E-state index is -0.560. The van der Waals surface area contributed by atoms with Crippen molar-refractivity contribution < 1.29 is 18.7 Å². The molecule has 2 atom stereocenters. The van der Waals surface area contributed by atoms with Crippen molar-refractivity contribution in [2.24, 2.45) is 0 Å². The Bertz CT molecular complexity index is 505. The second kappa shape index (κ2) is 6.11. The molecule has 1 N–H and O–H groups in total. The van der Waals surface area contributed by atoms with Gasteiger partial charge >= 0.3 is 0 Å². The molecule has 3 rings (SSSR count). The van der Waals surface area contributed by atoms with Crippen LogP contribution in [0.15, 0.2) is 23.1 Å². The van der Waals surface area contributed by atoms with Crippen LogP contribution >= 0.6 is 11.8 Å². The van der Waals surface area contributed by atoms with Gasteiger partial charge in [0.1, 0.15) is 5.82 Å². The lowest BCUT2D eigenvalue weighted by Crippen LogP contribution is -2.44. The van der Waals surface area contributed by atoms with Crippen molar-refractivity contribution in [3.8, 4) is 0 Å². The second-order valence-electron chi connectivity index (χ2n) is 4.81. The quantitative estimate of drug-likeness (QED) is 0.905. The summed E-state index contributed by atoms with van der Waals surface area (Å²) in [5, 5.41) is 2.95. The Morgan fingerprint density at radius 3 is 3.10 bits per heavy atom. The molecular formula is C14H16FNO3S. The summed E-state index contributed by atoms with van der Waals surface area (Å²) < 4.78 is 24.0. The Balaban J connectivity index is 1.72. The third-order valence-corrected chi connectivity index (χ3v) is 4.56. The van der Waals surface area contributed by atoms with Gasteiger partial charge in [-0.25, -0.2) is 4.39 Å². The second-order valence-corrected chi connectivity index (χ2v) is 5.95. The molecule has 0 bridgehead atoms. The summed E-state index contributed by atoms with van der Waals surface area (Å²) in [6, 6.07) is 4.58. The zero-order valence-electron chi connectivity index (χ0n) is 10.9. The summed E-state index contributed by atoms with van der Waals surface area (Å²) in [6.07, 6.45) is 0.232. The zero-order chi connectivity index (χ0) is 13.9. The Labute approximate surface area is 121 Å². The van der Waals surface area contributed by atoms with E-state index >= 15 is 0 Å². The summed E-state index contributed by atoms with van der Waals surface area (Å²) in [7, 11) is 0. The lowest BCUT2D eigenvalue weighted by atomic mass is 10.0. The summed E-state index contributed by atoms with van der Waals surface area (Å²) >= 11 is 1.69. The maximum atomic E-state index is 13.4. The fourth-order valence-corrected chi connectivity index (χ4v) is 3.52. The number of thioether (sulfide) groups is 1. The number of hydrogen-bond acceptors (Lipinski definition) is 4. The molecule has 108 valence electrons. The first-order valence-corrected chi connectivity index (χ1v) is 7.64. The molecule has 0 aliphatic carbocycles. The number of benzene rings is 1. The van der Waals surface area contributed by atoms with E-state index in [-0.39, 0.29) is 24.4 Å². The standard InChI is InChI=1S/C14H16FNO3S/c15-9-1-2-13-10(7-9)11(3-6-20-13)16-14(17)12-8-18-4-5-19-12/h1-2,7,11-12H,3-6,8H2,(H,16,17). The molecule has 4 nitrogen and oxygen atoms in total. The highest BCUT2D eigenvalue weighted by atomic mass is 32.2. The highest BCUT2D eigenvalue weighted by Crippen LogP contribution is 2.36. The van der Waals surface area contributed by atoms with Gasteiger partial charge in [-0.3, -0.25) is 4.79 Å². The topological polar surface area (TPSA) is 47.6 Å². The average Bonchev–Trinajstić information content (AvgIpc) is 2.49. The van der Waals surface area contributed by atoms with Crippen LogP contribution in [0.4, 0.5) is 4.39 Å². The number of amides is 1. The lowest BCUT2D eigenvalue weighted by Gasteiger charge is -2.29. The van der Waals surface area contributed by atoms with Crippen molar-refractivity contribution >= 4 is 17.7 Å². The summed E-state index contributed by atoms with van der Waals surface area (Å²) in [6.45, 7) is 1.24. The third-order valence-electron chi connectivity index (χ3n) is 3.44. The molecule has 1 aromatic carbocycles. The smallest absolute Gasteiger partial charge is 0.252 e. The van der Waals surface area contributed by atoms with Crippen molar-refractivity contribution in [3.05, 3.63) is 29.6 Å². The molecule has 0 spiro atoms. The van der Waals surface area contributed by atoms with Crippen LogP contribution in [0.3, 0.4) is 0 Å². The molecule has 0 aromatic heterocycles. The van der Waals surface area contributed by atoms with Gasteiger partial charge in [-0.2, -0.15) is 0 Å². The Morgan fingerprint density at radius 2 is 2.30 bits per heavy atom. The van der Waals surface area contributed by atoms with Gasteiger partial charge in [0.05, 0.1) is 25.9 Å². The highest BCUT2D eigenvalue weighted by molar-refractivity contribution is 7.99. The molecule has 0 radical (unpaired) electrons. The number of ether oxygens (including phenoxy) is 2. The van der Waals surface area contributed by atoms with Crippen LogP contribution in [0.1, 0.15) is 18.0 Å². The van der Waals surface area contributed by atoms with Gasteiger partial charge in [-0.15, -0.1) is 11.8 Å². The SMILES string of the molecule is O=C(NC1CCSc2ccc(F)cc21)C1COCCO1. The van der Waals surface area contributed by atoms with E-state index in [0.717, 1.165) is 22.6 Å². The maximum absolute atomic E-state index is 13.4. The molecule has 0 saturated carbocycles. The Hall–Kier alpha value is -1.11. The van der Waals surface area contributed by atoms with Crippen molar-refractivity contribution in [3.63, 3.8) is 0 Å². The highest BCUT2D eigenvalue weighted by Gasteiger charge is 2.28. The van der Waals surface area contributed by atoms with Crippen LogP contribution in [0.2, 0.25) is 0 Å². The van der Waals surface area contributed by atoms with Crippen LogP contribution in [0.5, 0.6) is 0 Å². The number of nitrogens with one attached hydrogen (secondary N) is 1. The molecule has 2 aliphatic rings. The normalized spacial score (nSPS) is 25.9. The van der Waals surface area contributed by atoms with Crippen molar-refractivity contribution in [1.82, 2.24) is 5.32 Å². The molecular weight excluding hydrogens is 281 g/mol. The predicted molar refractivity (Wildman–Crippen MR) is 73.2 cm³/mol. The molecule has 1 aromatic rings. The van der Waals surface area contributed by atoms with Crippen molar-refractivity contribution in [1.29, 1.82) is 0 Å². The fraction of sp³-hybridized carbons (Fsp3) is 0.500. The largest absolute Gasteiger partial charge is 0.376 e. The molecule has 1 fully saturated rings. The van der Waals surface area contributed by atoms with Gasteiger partial charge in [-0.05, 0) is 30.2 Å². The van der Waals surface area contributed by atoms with Crippen molar-refractivity contribution in [2.75, 3.05) is 25.6 Å². The van der Waals surface area contributed by atoms with Crippen LogP contribution in [-0.4, -0.2) is 37.6 Å². The average molecular weight is 297 g/mol.